The second kappa shape index (κ2) is 7.85. The van der Waals surface area contributed by atoms with Gasteiger partial charge in [0, 0.05) is 43.8 Å². The molecule has 2 rings (SSSR count). The first-order valence-electron chi connectivity index (χ1n) is 7.45. The molecule has 0 fully saturated rings. The van der Waals surface area contributed by atoms with Crippen LogP contribution in [0.2, 0.25) is 0 Å². The fourth-order valence-electron chi connectivity index (χ4n) is 1.88. The number of aromatic nitrogens is 1. The van der Waals surface area contributed by atoms with E-state index < -0.39 is 25.4 Å². The quantitative estimate of drug-likeness (QED) is 0.350. The van der Waals surface area contributed by atoms with Crippen LogP contribution < -0.4 is 4.72 Å². The van der Waals surface area contributed by atoms with E-state index in [0.29, 0.717) is 16.3 Å². The average Bonchev–Trinajstić information content (AvgIpc) is 3.08. The first-order chi connectivity index (χ1) is 12.6. The summed E-state index contributed by atoms with van der Waals surface area (Å²) in [6.07, 6.45) is 3.72. The minimum atomic E-state index is -4.32. The minimum Gasteiger partial charge on any atom is -0.361 e. The summed E-state index contributed by atoms with van der Waals surface area (Å²) in [5.74, 6) is 0. The summed E-state index contributed by atoms with van der Waals surface area (Å²) in [6, 6.07) is 7.25. The van der Waals surface area contributed by atoms with Gasteiger partial charge in [-0.3, -0.25) is 10.1 Å². The third-order valence-corrected chi connectivity index (χ3v) is 6.19. The third-order valence-electron chi connectivity index (χ3n) is 3.44. The maximum absolute atomic E-state index is 12.2. The zero-order valence-corrected chi connectivity index (χ0v) is 16.4. The fraction of sp³-hybridized carbons (Fsp3) is 0.214. The summed E-state index contributed by atoms with van der Waals surface area (Å²) in [5.41, 5.74) is 1.56. The van der Waals surface area contributed by atoms with Crippen molar-refractivity contribution >= 4 is 48.9 Å². The molecule has 146 valence electrons. The van der Waals surface area contributed by atoms with Gasteiger partial charge < -0.3 is 4.98 Å². The highest BCUT2D eigenvalue weighted by atomic mass is 32.2. The van der Waals surface area contributed by atoms with Gasteiger partial charge in [0.15, 0.2) is 0 Å². The number of nitrogens with zero attached hydrogens (tertiary/aromatic N) is 4. The molecule has 0 unspecified atom stereocenters. The van der Waals surface area contributed by atoms with E-state index in [1.807, 2.05) is 16.9 Å². The monoisotopic (exact) mass is 413 g/mol. The third kappa shape index (κ3) is 4.69. The number of hydrazone groups is 1. The highest BCUT2D eigenvalue weighted by Crippen LogP contribution is 2.16. The Labute approximate surface area is 157 Å². The Kier molecular flexibility index (Phi) is 5.98. The summed E-state index contributed by atoms with van der Waals surface area (Å²) in [4.78, 5) is 6.35. The van der Waals surface area contributed by atoms with E-state index in [0.717, 1.165) is 22.3 Å². The molecule has 0 saturated carbocycles. The molecule has 0 saturated heterocycles. The predicted octanol–water partition coefficient (Wildman–Crippen LogP) is 0.122. The minimum absolute atomic E-state index is 0.582. The number of nitrogens with one attached hydrogen (secondary N) is 3. The molecule has 0 radical (unpaired) electrons. The number of aromatic amines is 1. The summed E-state index contributed by atoms with van der Waals surface area (Å²) >= 11 is 0. The van der Waals surface area contributed by atoms with Crippen molar-refractivity contribution in [2.24, 2.45) is 10.1 Å². The van der Waals surface area contributed by atoms with E-state index in [2.05, 4.69) is 15.1 Å². The van der Waals surface area contributed by atoms with Crippen LogP contribution in [-0.2, 0) is 20.2 Å². The molecule has 27 heavy (non-hydrogen) atoms. The first-order valence-corrected chi connectivity index (χ1v) is 10.3. The molecule has 1 heterocycles. The van der Waals surface area contributed by atoms with Crippen LogP contribution in [0.5, 0.6) is 0 Å². The fourth-order valence-corrected chi connectivity index (χ4v) is 2.88. The standard InChI is InChI=1S/C14H19N7O4S2/c1-20(2)27(24,25)19-10-17-14(15)26(22,23)21(3)18-9-11-5-4-6-13-12(11)7-8-16-13/h4-10,16H,1-3H3,(H2,15,17,19)/b18-9-. The van der Waals surface area contributed by atoms with Crippen molar-refractivity contribution in [3.8, 4) is 0 Å². The maximum Gasteiger partial charge on any atom is 0.313 e. The summed E-state index contributed by atoms with van der Waals surface area (Å²) in [7, 11) is -4.43. The summed E-state index contributed by atoms with van der Waals surface area (Å²) < 4.78 is 50.9. The Morgan fingerprint density at radius 2 is 1.89 bits per heavy atom. The largest absolute Gasteiger partial charge is 0.361 e. The molecule has 2 aromatic rings. The van der Waals surface area contributed by atoms with Crippen LogP contribution in [0.3, 0.4) is 0 Å². The second-order valence-corrected chi connectivity index (χ2v) is 9.22. The number of rotatable bonds is 6. The van der Waals surface area contributed by atoms with E-state index in [1.165, 1.54) is 20.3 Å². The van der Waals surface area contributed by atoms with Crippen LogP contribution >= 0.6 is 0 Å². The molecule has 1 aromatic heterocycles. The SMILES string of the molecule is CN(C)S(=O)(=O)N/C=N\C(=N)S(=O)(=O)N(C)/N=C\c1cccc2[nH]ccc12. The van der Waals surface area contributed by atoms with Gasteiger partial charge in [-0.05, 0) is 12.1 Å². The van der Waals surface area contributed by atoms with Gasteiger partial charge >= 0.3 is 20.2 Å². The van der Waals surface area contributed by atoms with Crippen LogP contribution in [0.25, 0.3) is 10.9 Å². The lowest BCUT2D eigenvalue weighted by Gasteiger charge is -2.12. The Hall–Kier alpha value is -2.77. The number of amidine groups is 1. The van der Waals surface area contributed by atoms with Crippen LogP contribution in [0.15, 0.2) is 40.6 Å². The molecule has 0 aliphatic rings. The summed E-state index contributed by atoms with van der Waals surface area (Å²) in [5, 5.41) is 11.2. The van der Waals surface area contributed by atoms with Crippen LogP contribution in [0.1, 0.15) is 5.56 Å². The van der Waals surface area contributed by atoms with Crippen molar-refractivity contribution in [3.05, 3.63) is 36.0 Å². The molecular weight excluding hydrogens is 394 g/mol. The number of hydrogen-bond donors (Lipinski definition) is 3. The highest BCUT2D eigenvalue weighted by Gasteiger charge is 2.22. The van der Waals surface area contributed by atoms with Crippen molar-refractivity contribution in [1.29, 1.82) is 5.41 Å². The second-order valence-electron chi connectivity index (χ2n) is 5.44. The Balaban J connectivity index is 2.13. The maximum atomic E-state index is 12.2. The van der Waals surface area contributed by atoms with Gasteiger partial charge in [0.05, 0.1) is 6.21 Å². The number of sulfonamides is 1. The first kappa shape index (κ1) is 20.5. The number of hydrogen-bond acceptors (Lipinski definition) is 6. The lowest BCUT2D eigenvalue weighted by Crippen LogP contribution is -2.35. The molecule has 13 heteroatoms. The van der Waals surface area contributed by atoms with Crippen molar-refractivity contribution < 1.29 is 16.8 Å². The van der Waals surface area contributed by atoms with Crippen molar-refractivity contribution in [2.75, 3.05) is 21.1 Å². The molecular formula is C14H19N7O4S2. The van der Waals surface area contributed by atoms with Gasteiger partial charge in [0.25, 0.3) is 5.17 Å². The van der Waals surface area contributed by atoms with E-state index in [4.69, 9.17) is 5.41 Å². The molecule has 0 aliphatic carbocycles. The van der Waals surface area contributed by atoms with Gasteiger partial charge in [-0.1, -0.05) is 12.1 Å². The predicted molar refractivity (Wildman–Crippen MR) is 105 cm³/mol. The van der Waals surface area contributed by atoms with Crippen LogP contribution in [0.4, 0.5) is 0 Å². The molecule has 0 spiro atoms. The van der Waals surface area contributed by atoms with Crippen molar-refractivity contribution in [1.82, 2.24) is 18.4 Å². The molecule has 0 aliphatic heterocycles. The number of benzene rings is 1. The number of H-pyrrole nitrogens is 1. The number of aliphatic imine (C=N–C) groups is 1. The Morgan fingerprint density at radius 3 is 2.56 bits per heavy atom. The smallest absolute Gasteiger partial charge is 0.313 e. The highest BCUT2D eigenvalue weighted by molar-refractivity contribution is 8.04. The number of fused-ring (bicyclic) bond motifs is 1. The normalized spacial score (nSPS) is 13.0. The van der Waals surface area contributed by atoms with E-state index in [1.54, 1.807) is 18.3 Å². The van der Waals surface area contributed by atoms with Crippen LogP contribution in [-0.4, -0.2) is 69.4 Å². The molecule has 3 N–H and O–H groups in total. The van der Waals surface area contributed by atoms with E-state index >= 15 is 0 Å². The average molecular weight is 413 g/mol. The van der Waals surface area contributed by atoms with E-state index in [9.17, 15) is 16.8 Å². The van der Waals surface area contributed by atoms with Crippen molar-refractivity contribution in [3.63, 3.8) is 0 Å². The van der Waals surface area contributed by atoms with Gasteiger partial charge in [0.1, 0.15) is 6.34 Å². The molecule has 0 bridgehead atoms. The topological polar surface area (TPSA) is 151 Å². The molecule has 11 nitrogen and oxygen atoms in total. The van der Waals surface area contributed by atoms with Gasteiger partial charge in [-0.25, -0.2) is 4.99 Å². The zero-order chi connectivity index (χ0) is 20.2. The van der Waals surface area contributed by atoms with Gasteiger partial charge in [0.2, 0.25) is 0 Å². The van der Waals surface area contributed by atoms with Crippen LogP contribution in [0, 0.1) is 5.41 Å². The lowest BCUT2D eigenvalue weighted by atomic mass is 10.1. The zero-order valence-electron chi connectivity index (χ0n) is 14.8. The molecule has 0 amide bonds. The van der Waals surface area contributed by atoms with Gasteiger partial charge in [-0.2, -0.15) is 30.7 Å². The molecule has 1 aromatic carbocycles. The van der Waals surface area contributed by atoms with Crippen molar-refractivity contribution in [2.45, 2.75) is 0 Å². The van der Waals surface area contributed by atoms with Gasteiger partial charge in [-0.15, -0.1) is 0 Å². The summed E-state index contributed by atoms with van der Waals surface area (Å²) in [6.45, 7) is 0. The Bertz CT molecular complexity index is 1100. The molecule has 0 atom stereocenters. The lowest BCUT2D eigenvalue weighted by molar-refractivity contribution is 0.503. The van der Waals surface area contributed by atoms with E-state index in [-0.39, 0.29) is 0 Å². The Morgan fingerprint density at radius 1 is 1.19 bits per heavy atom.